The van der Waals surface area contributed by atoms with Gasteiger partial charge in [0.05, 0.1) is 7.11 Å². The van der Waals surface area contributed by atoms with E-state index in [4.69, 9.17) is 4.74 Å². The maximum Gasteiger partial charge on any atom is 0.123 e. The highest BCUT2D eigenvalue weighted by Crippen LogP contribution is 2.25. The van der Waals surface area contributed by atoms with Crippen LogP contribution in [-0.4, -0.2) is 19.7 Å². The predicted octanol–water partition coefficient (Wildman–Crippen LogP) is 3.14. The van der Waals surface area contributed by atoms with Crippen molar-refractivity contribution in [3.63, 3.8) is 0 Å². The highest BCUT2D eigenvalue weighted by Gasteiger charge is 2.15. The summed E-state index contributed by atoms with van der Waals surface area (Å²) in [6, 6.07) is 6.89. The molecule has 1 aromatic rings. The number of methoxy groups -OCH3 is 1. The molecule has 3 heteroatoms. The Morgan fingerprint density at radius 1 is 1.44 bits per heavy atom. The smallest absolute Gasteiger partial charge is 0.123 e. The van der Waals surface area contributed by atoms with Crippen molar-refractivity contribution in [1.82, 2.24) is 5.32 Å². The Kier molecular flexibility index (Phi) is 4.24. The van der Waals surface area contributed by atoms with E-state index >= 15 is 0 Å². The molecule has 1 atom stereocenters. The van der Waals surface area contributed by atoms with Crippen LogP contribution < -0.4 is 10.1 Å². The maximum absolute atomic E-state index is 5.41. The van der Waals surface area contributed by atoms with Crippen molar-refractivity contribution in [2.75, 3.05) is 13.7 Å². The van der Waals surface area contributed by atoms with Crippen LogP contribution in [0.4, 0.5) is 0 Å². The first-order chi connectivity index (χ1) is 7.79. The summed E-state index contributed by atoms with van der Waals surface area (Å²) in [5.74, 6) is 0.988. The molecule has 1 unspecified atom stereocenters. The minimum Gasteiger partial charge on any atom is -0.496 e. The van der Waals surface area contributed by atoms with Crippen LogP contribution in [0.2, 0.25) is 0 Å². The largest absolute Gasteiger partial charge is 0.496 e. The second-order valence-corrected chi connectivity index (χ2v) is 5.22. The molecule has 0 bridgehead atoms. The fourth-order valence-corrected chi connectivity index (χ4v) is 2.59. The molecule has 0 radical (unpaired) electrons. The van der Waals surface area contributed by atoms with Crippen molar-refractivity contribution in [2.24, 2.45) is 0 Å². The van der Waals surface area contributed by atoms with Crippen LogP contribution >= 0.6 is 15.9 Å². The van der Waals surface area contributed by atoms with Crippen LogP contribution in [0.15, 0.2) is 22.7 Å². The second-order valence-electron chi connectivity index (χ2n) is 4.31. The first kappa shape index (κ1) is 11.9. The third kappa shape index (κ3) is 2.98. The molecule has 1 aromatic carbocycles. The minimum absolute atomic E-state index is 0.615. The number of hydrogen-bond acceptors (Lipinski definition) is 2. The van der Waals surface area contributed by atoms with Gasteiger partial charge in [-0.25, -0.2) is 0 Å². The van der Waals surface area contributed by atoms with Gasteiger partial charge in [0, 0.05) is 10.5 Å². The molecule has 0 aromatic heterocycles. The van der Waals surface area contributed by atoms with Gasteiger partial charge in [-0.1, -0.05) is 28.4 Å². The Hall–Kier alpha value is -0.540. The molecule has 0 spiro atoms. The highest BCUT2D eigenvalue weighted by molar-refractivity contribution is 9.10. The lowest BCUT2D eigenvalue weighted by Crippen LogP contribution is -2.35. The molecule has 88 valence electrons. The van der Waals surface area contributed by atoms with Crippen molar-refractivity contribution in [3.8, 4) is 5.75 Å². The van der Waals surface area contributed by atoms with E-state index in [9.17, 15) is 0 Å². The fraction of sp³-hybridized carbons (Fsp3) is 0.538. The van der Waals surface area contributed by atoms with E-state index in [1.165, 1.54) is 24.8 Å². The van der Waals surface area contributed by atoms with Crippen LogP contribution in [0.3, 0.4) is 0 Å². The number of benzene rings is 1. The average Bonchev–Trinajstić information content (AvgIpc) is 2.33. The van der Waals surface area contributed by atoms with Crippen molar-refractivity contribution in [1.29, 1.82) is 0 Å². The van der Waals surface area contributed by atoms with Crippen molar-refractivity contribution >= 4 is 15.9 Å². The lowest BCUT2D eigenvalue weighted by atomic mass is 9.97. The van der Waals surface area contributed by atoms with Gasteiger partial charge in [0.15, 0.2) is 0 Å². The van der Waals surface area contributed by atoms with E-state index in [0.717, 1.165) is 23.2 Å². The predicted molar refractivity (Wildman–Crippen MR) is 70.0 cm³/mol. The van der Waals surface area contributed by atoms with E-state index in [1.54, 1.807) is 7.11 Å². The van der Waals surface area contributed by atoms with Gasteiger partial charge >= 0.3 is 0 Å². The van der Waals surface area contributed by atoms with Gasteiger partial charge in [0.2, 0.25) is 0 Å². The molecule has 2 nitrogen and oxygen atoms in total. The quantitative estimate of drug-likeness (QED) is 0.920. The monoisotopic (exact) mass is 283 g/mol. The third-order valence-corrected chi connectivity index (χ3v) is 3.62. The minimum atomic E-state index is 0.615. The summed E-state index contributed by atoms with van der Waals surface area (Å²) in [5, 5.41) is 3.57. The van der Waals surface area contributed by atoms with Crippen molar-refractivity contribution in [3.05, 3.63) is 28.2 Å². The number of rotatable bonds is 3. The van der Waals surface area contributed by atoms with E-state index in [2.05, 4.69) is 33.4 Å². The number of ether oxygens (including phenoxy) is 1. The van der Waals surface area contributed by atoms with Crippen LogP contribution in [0.25, 0.3) is 0 Å². The number of hydrogen-bond donors (Lipinski definition) is 1. The standard InChI is InChI=1S/C13H18BrNO/c1-16-13-9-11(14)6-5-10(13)8-12-4-2-3-7-15-12/h5-6,9,12,15H,2-4,7-8H2,1H3. The molecule has 0 aliphatic carbocycles. The molecule has 1 saturated heterocycles. The Morgan fingerprint density at radius 3 is 3.00 bits per heavy atom. The fourth-order valence-electron chi connectivity index (χ4n) is 2.25. The molecular formula is C13H18BrNO. The van der Waals surface area contributed by atoms with Crippen LogP contribution in [-0.2, 0) is 6.42 Å². The zero-order chi connectivity index (χ0) is 11.4. The summed E-state index contributed by atoms with van der Waals surface area (Å²) in [6.45, 7) is 1.16. The van der Waals surface area contributed by atoms with Gasteiger partial charge in [-0.15, -0.1) is 0 Å². The van der Waals surface area contributed by atoms with E-state index in [0.29, 0.717) is 6.04 Å². The summed E-state index contributed by atoms with van der Waals surface area (Å²) < 4.78 is 6.48. The number of halogens is 1. The summed E-state index contributed by atoms with van der Waals surface area (Å²) in [4.78, 5) is 0. The Morgan fingerprint density at radius 2 is 2.31 bits per heavy atom. The highest BCUT2D eigenvalue weighted by atomic mass is 79.9. The Balaban J connectivity index is 2.07. The van der Waals surface area contributed by atoms with Crippen molar-refractivity contribution in [2.45, 2.75) is 31.7 Å². The zero-order valence-electron chi connectivity index (χ0n) is 9.63. The molecule has 16 heavy (non-hydrogen) atoms. The summed E-state index contributed by atoms with van der Waals surface area (Å²) in [6.07, 6.45) is 5.00. The first-order valence-corrected chi connectivity index (χ1v) is 6.64. The Bertz CT molecular complexity index is 348. The molecule has 0 amide bonds. The Labute approximate surface area is 106 Å². The zero-order valence-corrected chi connectivity index (χ0v) is 11.2. The van der Waals surface area contributed by atoms with Crippen LogP contribution in [0, 0.1) is 0 Å². The maximum atomic E-state index is 5.41. The van der Waals surface area contributed by atoms with Gasteiger partial charge in [-0.3, -0.25) is 0 Å². The molecule has 2 rings (SSSR count). The molecule has 1 fully saturated rings. The molecule has 1 heterocycles. The molecular weight excluding hydrogens is 266 g/mol. The SMILES string of the molecule is COc1cc(Br)ccc1CC1CCCCN1. The number of piperidine rings is 1. The lowest BCUT2D eigenvalue weighted by Gasteiger charge is -2.24. The van der Waals surface area contributed by atoms with Crippen LogP contribution in [0.1, 0.15) is 24.8 Å². The summed E-state index contributed by atoms with van der Waals surface area (Å²) >= 11 is 3.47. The summed E-state index contributed by atoms with van der Waals surface area (Å²) in [5.41, 5.74) is 1.30. The normalized spacial score (nSPS) is 20.8. The van der Waals surface area contributed by atoms with Gasteiger partial charge in [0.1, 0.15) is 5.75 Å². The molecule has 1 N–H and O–H groups in total. The van der Waals surface area contributed by atoms with Gasteiger partial charge in [-0.2, -0.15) is 0 Å². The molecule has 0 saturated carbocycles. The van der Waals surface area contributed by atoms with Gasteiger partial charge < -0.3 is 10.1 Å². The van der Waals surface area contributed by atoms with Gasteiger partial charge in [-0.05, 0) is 43.5 Å². The topological polar surface area (TPSA) is 21.3 Å². The third-order valence-electron chi connectivity index (χ3n) is 3.13. The first-order valence-electron chi connectivity index (χ1n) is 5.85. The van der Waals surface area contributed by atoms with Crippen molar-refractivity contribution < 1.29 is 4.74 Å². The second kappa shape index (κ2) is 5.69. The average molecular weight is 284 g/mol. The van der Waals surface area contributed by atoms with E-state index in [1.807, 2.05) is 6.07 Å². The summed E-state index contributed by atoms with van der Waals surface area (Å²) in [7, 11) is 1.74. The molecule has 1 aliphatic heterocycles. The van der Waals surface area contributed by atoms with E-state index < -0.39 is 0 Å². The van der Waals surface area contributed by atoms with Gasteiger partial charge in [0.25, 0.3) is 0 Å². The van der Waals surface area contributed by atoms with Crippen LogP contribution in [0.5, 0.6) is 5.75 Å². The molecule has 1 aliphatic rings. The van der Waals surface area contributed by atoms with E-state index in [-0.39, 0.29) is 0 Å². The number of nitrogens with one attached hydrogen (secondary N) is 1. The lowest BCUT2D eigenvalue weighted by molar-refractivity contribution is 0.381.